The summed E-state index contributed by atoms with van der Waals surface area (Å²) in [5.74, 6) is 0.868. The highest BCUT2D eigenvalue weighted by molar-refractivity contribution is 7.99. The molecule has 1 aromatic carbocycles. The summed E-state index contributed by atoms with van der Waals surface area (Å²) < 4.78 is 12.9. The van der Waals surface area contributed by atoms with E-state index in [9.17, 15) is 4.39 Å². The third-order valence-corrected chi connectivity index (χ3v) is 4.27. The molecule has 0 saturated carbocycles. The van der Waals surface area contributed by atoms with Crippen LogP contribution in [-0.4, -0.2) is 17.5 Å². The molecule has 0 radical (unpaired) electrons. The molecule has 3 heteroatoms. The van der Waals surface area contributed by atoms with Crippen LogP contribution in [0, 0.1) is 5.82 Å². The van der Waals surface area contributed by atoms with Gasteiger partial charge in [-0.3, -0.25) is 0 Å². The molecule has 0 amide bonds. The van der Waals surface area contributed by atoms with E-state index in [0.29, 0.717) is 11.3 Å². The fourth-order valence-corrected chi connectivity index (χ4v) is 2.66. The molecule has 1 rings (SSSR count). The minimum atomic E-state index is -0.168. The van der Waals surface area contributed by atoms with Gasteiger partial charge in [-0.05, 0) is 30.7 Å². The summed E-state index contributed by atoms with van der Waals surface area (Å²) in [5, 5.41) is 4.13. The van der Waals surface area contributed by atoms with Crippen LogP contribution in [-0.2, 0) is 0 Å². The van der Waals surface area contributed by atoms with Gasteiger partial charge in [-0.25, -0.2) is 4.39 Å². The largest absolute Gasteiger partial charge is 0.310 e. The van der Waals surface area contributed by atoms with E-state index < -0.39 is 0 Å². The molecule has 0 fully saturated rings. The average molecular weight is 255 g/mol. The van der Waals surface area contributed by atoms with E-state index in [1.165, 1.54) is 24.1 Å². The Hall–Kier alpha value is -0.540. The lowest BCUT2D eigenvalue weighted by Crippen LogP contribution is -2.23. The summed E-state index contributed by atoms with van der Waals surface area (Å²) >= 11 is 1.97. The zero-order valence-electron chi connectivity index (χ0n) is 10.9. The maximum Gasteiger partial charge on any atom is 0.123 e. The zero-order chi connectivity index (χ0) is 12.7. The number of halogens is 1. The summed E-state index contributed by atoms with van der Waals surface area (Å²) in [6.45, 7) is 7.49. The van der Waals surface area contributed by atoms with Gasteiger partial charge in [-0.2, -0.15) is 11.8 Å². The molecule has 1 nitrogen and oxygen atoms in total. The van der Waals surface area contributed by atoms with E-state index in [2.05, 4.69) is 26.1 Å². The van der Waals surface area contributed by atoms with E-state index in [4.69, 9.17) is 0 Å². The molecule has 1 N–H and O–H groups in total. The van der Waals surface area contributed by atoms with E-state index in [1.807, 2.05) is 23.9 Å². The van der Waals surface area contributed by atoms with Crippen LogP contribution in [0.1, 0.15) is 38.8 Å². The summed E-state index contributed by atoms with van der Waals surface area (Å²) in [6.07, 6.45) is 1.19. The fraction of sp³-hybridized carbons (Fsp3) is 0.571. The Morgan fingerprint density at radius 1 is 1.24 bits per heavy atom. The van der Waals surface area contributed by atoms with Crippen molar-refractivity contribution in [2.24, 2.45) is 0 Å². The molecule has 0 aliphatic carbocycles. The quantitative estimate of drug-likeness (QED) is 0.790. The van der Waals surface area contributed by atoms with Crippen LogP contribution in [0.4, 0.5) is 4.39 Å². The van der Waals surface area contributed by atoms with Gasteiger partial charge >= 0.3 is 0 Å². The first-order valence-electron chi connectivity index (χ1n) is 6.27. The number of hydrogen-bond acceptors (Lipinski definition) is 2. The molecule has 0 aromatic heterocycles. The summed E-state index contributed by atoms with van der Waals surface area (Å²) in [7, 11) is 0. The van der Waals surface area contributed by atoms with Crippen LogP contribution < -0.4 is 5.32 Å². The highest BCUT2D eigenvalue weighted by Crippen LogP contribution is 2.23. The Kier molecular flexibility index (Phi) is 6.60. The van der Waals surface area contributed by atoms with Gasteiger partial charge in [0.1, 0.15) is 5.82 Å². The number of benzene rings is 1. The first-order chi connectivity index (χ1) is 8.17. The van der Waals surface area contributed by atoms with Crippen molar-refractivity contribution in [3.8, 4) is 0 Å². The third kappa shape index (κ3) is 5.09. The molecule has 0 spiro atoms. The van der Waals surface area contributed by atoms with Crippen molar-refractivity contribution in [1.29, 1.82) is 0 Å². The van der Waals surface area contributed by atoms with Crippen molar-refractivity contribution in [2.45, 2.75) is 38.5 Å². The van der Waals surface area contributed by atoms with E-state index in [-0.39, 0.29) is 5.82 Å². The van der Waals surface area contributed by atoms with Gasteiger partial charge in [0.05, 0.1) is 0 Å². The number of hydrogen-bond donors (Lipinski definition) is 1. The minimum absolute atomic E-state index is 0.168. The van der Waals surface area contributed by atoms with Crippen molar-refractivity contribution in [3.63, 3.8) is 0 Å². The van der Waals surface area contributed by atoms with Crippen molar-refractivity contribution >= 4 is 11.8 Å². The molecule has 17 heavy (non-hydrogen) atoms. The molecule has 0 saturated heterocycles. The summed E-state index contributed by atoms with van der Waals surface area (Å²) in [6, 6.07) is 7.14. The van der Waals surface area contributed by atoms with Gasteiger partial charge < -0.3 is 5.32 Å². The number of nitrogens with one attached hydrogen (secondary N) is 1. The number of rotatable bonds is 7. The average Bonchev–Trinajstić information content (AvgIpc) is 2.35. The smallest absolute Gasteiger partial charge is 0.123 e. The Balaban J connectivity index is 2.61. The Morgan fingerprint density at radius 2 is 1.88 bits per heavy atom. The summed E-state index contributed by atoms with van der Waals surface area (Å²) in [4.78, 5) is 0. The lowest BCUT2D eigenvalue weighted by atomic mass is 10.1. The molecular formula is C14H22FNS. The topological polar surface area (TPSA) is 12.0 Å². The molecule has 0 aliphatic rings. The van der Waals surface area contributed by atoms with Gasteiger partial charge in [0, 0.05) is 17.0 Å². The maximum absolute atomic E-state index is 12.9. The lowest BCUT2D eigenvalue weighted by Gasteiger charge is -2.19. The zero-order valence-corrected chi connectivity index (χ0v) is 11.7. The summed E-state index contributed by atoms with van der Waals surface area (Å²) in [5.41, 5.74) is 1.17. The van der Waals surface area contributed by atoms with Gasteiger partial charge in [-0.1, -0.05) is 32.9 Å². The predicted molar refractivity (Wildman–Crippen MR) is 75.0 cm³/mol. The van der Waals surface area contributed by atoms with Crippen molar-refractivity contribution in [2.75, 3.05) is 12.3 Å². The second-order valence-corrected chi connectivity index (χ2v) is 5.69. The molecule has 0 heterocycles. The fourth-order valence-electron chi connectivity index (χ4n) is 1.59. The Morgan fingerprint density at radius 3 is 2.41 bits per heavy atom. The Bertz CT molecular complexity index is 313. The van der Waals surface area contributed by atoms with Gasteiger partial charge in [0.15, 0.2) is 0 Å². The van der Waals surface area contributed by atoms with Crippen molar-refractivity contribution < 1.29 is 4.39 Å². The molecule has 2 unspecified atom stereocenters. The van der Waals surface area contributed by atoms with E-state index in [1.54, 1.807) is 0 Å². The van der Waals surface area contributed by atoms with Crippen molar-refractivity contribution in [1.82, 2.24) is 5.32 Å². The SMILES string of the molecule is CCNC(CSC(C)CC)c1ccc(F)cc1. The van der Waals surface area contributed by atoms with Gasteiger partial charge in [0.2, 0.25) is 0 Å². The van der Waals surface area contributed by atoms with Crippen molar-refractivity contribution in [3.05, 3.63) is 35.6 Å². The molecule has 0 aliphatic heterocycles. The molecule has 2 atom stereocenters. The van der Waals surface area contributed by atoms with Crippen LogP contribution >= 0.6 is 11.8 Å². The minimum Gasteiger partial charge on any atom is -0.310 e. The highest BCUT2D eigenvalue weighted by atomic mass is 32.2. The van der Waals surface area contributed by atoms with Crippen LogP contribution in [0.3, 0.4) is 0 Å². The van der Waals surface area contributed by atoms with E-state index in [0.717, 1.165) is 12.3 Å². The standard InChI is InChI=1S/C14H22FNS/c1-4-11(3)17-10-14(16-5-2)12-6-8-13(15)9-7-12/h6-9,11,14,16H,4-5,10H2,1-3H3. The normalized spacial score (nSPS) is 14.6. The molecule has 1 aromatic rings. The van der Waals surface area contributed by atoms with Gasteiger partial charge in [0.25, 0.3) is 0 Å². The number of thioether (sulfide) groups is 1. The molecule has 96 valence electrons. The second kappa shape index (κ2) is 7.72. The van der Waals surface area contributed by atoms with Crippen LogP contribution in [0.5, 0.6) is 0 Å². The third-order valence-electron chi connectivity index (χ3n) is 2.85. The van der Waals surface area contributed by atoms with Crippen LogP contribution in [0.15, 0.2) is 24.3 Å². The molecular weight excluding hydrogens is 233 g/mol. The second-order valence-electron chi connectivity index (χ2n) is 4.21. The van der Waals surface area contributed by atoms with E-state index >= 15 is 0 Å². The predicted octanol–water partition coefficient (Wildman–Crippen LogP) is 4.01. The van der Waals surface area contributed by atoms with Crippen LogP contribution in [0.2, 0.25) is 0 Å². The first-order valence-corrected chi connectivity index (χ1v) is 7.32. The highest BCUT2D eigenvalue weighted by Gasteiger charge is 2.11. The monoisotopic (exact) mass is 255 g/mol. The lowest BCUT2D eigenvalue weighted by molar-refractivity contribution is 0.597. The Labute approximate surface area is 108 Å². The maximum atomic E-state index is 12.9. The van der Waals surface area contributed by atoms with Crippen LogP contribution in [0.25, 0.3) is 0 Å². The first kappa shape index (κ1) is 14.5. The molecule has 0 bridgehead atoms. The van der Waals surface area contributed by atoms with Gasteiger partial charge in [-0.15, -0.1) is 0 Å².